The van der Waals surface area contributed by atoms with Gasteiger partial charge in [-0.2, -0.15) is 8.75 Å². The predicted molar refractivity (Wildman–Crippen MR) is 68.7 cm³/mol. The van der Waals surface area contributed by atoms with Crippen LogP contribution in [0.5, 0.6) is 0 Å². The Balaban J connectivity index is 2.05. The van der Waals surface area contributed by atoms with Crippen molar-refractivity contribution in [1.82, 2.24) is 8.75 Å². The van der Waals surface area contributed by atoms with Crippen LogP contribution in [-0.2, 0) is 0 Å². The molecule has 17 heavy (non-hydrogen) atoms. The molecule has 2 aromatic rings. The van der Waals surface area contributed by atoms with Crippen molar-refractivity contribution in [3.63, 3.8) is 0 Å². The highest BCUT2D eigenvalue weighted by molar-refractivity contribution is 6.99. The third kappa shape index (κ3) is 3.15. The second kappa shape index (κ2) is 5.11. The summed E-state index contributed by atoms with van der Waals surface area (Å²) in [6, 6.07) is 4.92. The van der Waals surface area contributed by atoms with E-state index in [1.54, 1.807) is 12.1 Å². The minimum absolute atomic E-state index is 0.372. The first-order valence-electron chi connectivity index (χ1n) is 4.77. The highest BCUT2D eigenvalue weighted by Crippen LogP contribution is 2.20. The van der Waals surface area contributed by atoms with E-state index >= 15 is 0 Å². The maximum atomic E-state index is 11.6. The number of nitrogens with zero attached hydrogens (tertiary/aromatic N) is 2. The van der Waals surface area contributed by atoms with Gasteiger partial charge in [0.05, 0.1) is 17.9 Å². The standard InChI is InChI=1S/C10H9ClN4OS/c1-6-2-3-7(11)4-8(6)13-10(16)14-9-5-12-17-15-9/h2-5H,1H3,(H2,13,14,15,16). The average Bonchev–Trinajstić information content (AvgIpc) is 2.76. The van der Waals surface area contributed by atoms with Crippen LogP contribution >= 0.6 is 23.3 Å². The maximum Gasteiger partial charge on any atom is 0.324 e. The summed E-state index contributed by atoms with van der Waals surface area (Å²) < 4.78 is 7.65. The highest BCUT2D eigenvalue weighted by Gasteiger charge is 2.06. The van der Waals surface area contributed by atoms with Crippen LogP contribution in [0.2, 0.25) is 5.02 Å². The zero-order chi connectivity index (χ0) is 12.3. The summed E-state index contributed by atoms with van der Waals surface area (Å²) in [5.41, 5.74) is 1.60. The van der Waals surface area contributed by atoms with Gasteiger partial charge in [0.1, 0.15) is 0 Å². The Morgan fingerprint density at radius 2 is 2.24 bits per heavy atom. The number of carbonyl (C=O) groups excluding carboxylic acids is 1. The van der Waals surface area contributed by atoms with Gasteiger partial charge in [0.2, 0.25) is 0 Å². The second-order valence-electron chi connectivity index (χ2n) is 3.33. The van der Waals surface area contributed by atoms with Crippen molar-refractivity contribution in [2.45, 2.75) is 6.92 Å². The van der Waals surface area contributed by atoms with Crippen molar-refractivity contribution >= 4 is 40.9 Å². The van der Waals surface area contributed by atoms with Crippen molar-refractivity contribution in [3.05, 3.63) is 35.0 Å². The number of hydrogen-bond donors (Lipinski definition) is 2. The van der Waals surface area contributed by atoms with Crippen LogP contribution in [-0.4, -0.2) is 14.8 Å². The predicted octanol–water partition coefficient (Wildman–Crippen LogP) is 3.14. The van der Waals surface area contributed by atoms with Crippen LogP contribution in [0.1, 0.15) is 5.56 Å². The normalized spacial score (nSPS) is 10.0. The lowest BCUT2D eigenvalue weighted by molar-refractivity contribution is 0.262. The molecular weight excluding hydrogens is 260 g/mol. The number of carbonyl (C=O) groups is 1. The molecule has 1 aromatic heterocycles. The quantitative estimate of drug-likeness (QED) is 0.879. The lowest BCUT2D eigenvalue weighted by atomic mass is 10.2. The first kappa shape index (κ1) is 11.8. The Hall–Kier alpha value is -1.66. The molecule has 0 unspecified atom stereocenters. The van der Waals surface area contributed by atoms with Crippen molar-refractivity contribution in [1.29, 1.82) is 0 Å². The fourth-order valence-electron chi connectivity index (χ4n) is 1.22. The van der Waals surface area contributed by atoms with E-state index in [1.165, 1.54) is 6.20 Å². The Labute approximate surface area is 107 Å². The van der Waals surface area contributed by atoms with Crippen LogP contribution in [0.15, 0.2) is 24.4 Å². The number of hydrogen-bond acceptors (Lipinski definition) is 4. The molecule has 0 saturated carbocycles. The molecular formula is C10H9ClN4OS. The molecule has 0 aliphatic carbocycles. The van der Waals surface area contributed by atoms with Gasteiger partial charge in [0.25, 0.3) is 0 Å². The van der Waals surface area contributed by atoms with Gasteiger partial charge in [-0.1, -0.05) is 17.7 Å². The van der Waals surface area contributed by atoms with Crippen molar-refractivity contribution in [3.8, 4) is 0 Å². The number of rotatable bonds is 2. The van der Waals surface area contributed by atoms with Gasteiger partial charge in [-0.05, 0) is 24.6 Å². The van der Waals surface area contributed by atoms with E-state index in [4.69, 9.17) is 11.6 Å². The molecule has 0 bridgehead atoms. The van der Waals surface area contributed by atoms with Gasteiger partial charge in [-0.25, -0.2) is 4.79 Å². The number of urea groups is 1. The first-order valence-corrected chi connectivity index (χ1v) is 5.88. The molecule has 1 heterocycles. The lowest BCUT2D eigenvalue weighted by Crippen LogP contribution is -2.20. The minimum atomic E-state index is -0.372. The Bertz CT molecular complexity index is 529. The summed E-state index contributed by atoms with van der Waals surface area (Å²) in [6.07, 6.45) is 1.48. The van der Waals surface area contributed by atoms with Gasteiger partial charge in [-0.15, -0.1) is 0 Å². The third-order valence-corrected chi connectivity index (χ3v) is 2.76. The van der Waals surface area contributed by atoms with E-state index in [-0.39, 0.29) is 6.03 Å². The van der Waals surface area contributed by atoms with Crippen molar-refractivity contribution in [2.75, 3.05) is 10.6 Å². The number of nitrogens with one attached hydrogen (secondary N) is 2. The zero-order valence-electron chi connectivity index (χ0n) is 8.90. The van der Waals surface area contributed by atoms with Crippen LogP contribution in [0, 0.1) is 6.92 Å². The molecule has 0 radical (unpaired) electrons. The zero-order valence-corrected chi connectivity index (χ0v) is 10.5. The number of anilines is 2. The molecule has 88 valence electrons. The Morgan fingerprint density at radius 1 is 1.41 bits per heavy atom. The highest BCUT2D eigenvalue weighted by atomic mass is 35.5. The number of aromatic nitrogens is 2. The van der Waals surface area contributed by atoms with Gasteiger partial charge in [0.15, 0.2) is 5.82 Å². The summed E-state index contributed by atoms with van der Waals surface area (Å²) in [6.45, 7) is 1.89. The summed E-state index contributed by atoms with van der Waals surface area (Å²) in [5, 5.41) is 5.82. The largest absolute Gasteiger partial charge is 0.324 e. The van der Waals surface area contributed by atoms with Crippen LogP contribution in [0.25, 0.3) is 0 Å². The molecule has 0 saturated heterocycles. The molecule has 1 aromatic carbocycles. The minimum Gasteiger partial charge on any atom is -0.307 e. The van der Waals surface area contributed by atoms with E-state index in [0.29, 0.717) is 16.5 Å². The molecule has 0 atom stereocenters. The SMILES string of the molecule is Cc1ccc(Cl)cc1NC(=O)Nc1cnsn1. The molecule has 7 heteroatoms. The summed E-state index contributed by atoms with van der Waals surface area (Å²) in [7, 11) is 0. The van der Waals surface area contributed by atoms with Crippen LogP contribution in [0.3, 0.4) is 0 Å². The Morgan fingerprint density at radius 3 is 2.94 bits per heavy atom. The van der Waals surface area contributed by atoms with Gasteiger partial charge in [0, 0.05) is 10.7 Å². The van der Waals surface area contributed by atoms with Crippen LogP contribution in [0.4, 0.5) is 16.3 Å². The molecule has 2 rings (SSSR count). The first-order chi connectivity index (χ1) is 8.15. The fourth-order valence-corrected chi connectivity index (χ4v) is 1.77. The summed E-state index contributed by atoms with van der Waals surface area (Å²) in [5.74, 6) is 0.423. The molecule has 5 nitrogen and oxygen atoms in total. The fraction of sp³-hybridized carbons (Fsp3) is 0.100. The second-order valence-corrected chi connectivity index (χ2v) is 4.32. The van der Waals surface area contributed by atoms with E-state index < -0.39 is 0 Å². The smallest absolute Gasteiger partial charge is 0.307 e. The average molecular weight is 269 g/mol. The monoisotopic (exact) mass is 268 g/mol. The number of aryl methyl sites for hydroxylation is 1. The molecule has 0 aliphatic rings. The van der Waals surface area contributed by atoms with Crippen LogP contribution < -0.4 is 10.6 Å². The van der Waals surface area contributed by atoms with E-state index in [2.05, 4.69) is 19.4 Å². The van der Waals surface area contributed by atoms with Crippen molar-refractivity contribution in [2.24, 2.45) is 0 Å². The molecule has 0 spiro atoms. The number of amides is 2. The van der Waals surface area contributed by atoms with Gasteiger partial charge >= 0.3 is 6.03 Å². The summed E-state index contributed by atoms with van der Waals surface area (Å²) in [4.78, 5) is 11.6. The topological polar surface area (TPSA) is 66.9 Å². The van der Waals surface area contributed by atoms with E-state index in [0.717, 1.165) is 17.3 Å². The maximum absolute atomic E-state index is 11.6. The molecule has 0 fully saturated rings. The number of benzene rings is 1. The van der Waals surface area contributed by atoms with Gasteiger partial charge < -0.3 is 5.32 Å². The lowest BCUT2D eigenvalue weighted by Gasteiger charge is -2.08. The van der Waals surface area contributed by atoms with Crippen molar-refractivity contribution < 1.29 is 4.79 Å². The molecule has 2 N–H and O–H groups in total. The summed E-state index contributed by atoms with van der Waals surface area (Å²) >= 11 is 6.88. The molecule has 2 amide bonds. The Kier molecular flexibility index (Phi) is 3.55. The number of halogens is 1. The van der Waals surface area contributed by atoms with E-state index in [1.807, 2.05) is 13.0 Å². The van der Waals surface area contributed by atoms with E-state index in [9.17, 15) is 4.79 Å². The third-order valence-electron chi connectivity index (χ3n) is 2.05. The molecule has 0 aliphatic heterocycles. The van der Waals surface area contributed by atoms with Gasteiger partial charge in [-0.3, -0.25) is 5.32 Å².